The summed E-state index contributed by atoms with van der Waals surface area (Å²) in [6, 6.07) is 10.4. The molecular weight excluding hydrogens is 419 g/mol. The minimum absolute atomic E-state index is 0.0687. The van der Waals surface area contributed by atoms with Crippen LogP contribution >= 0.6 is 35.0 Å². The smallest absolute Gasteiger partial charge is 0.264 e. The summed E-state index contributed by atoms with van der Waals surface area (Å²) in [6.45, 7) is 0.0687. The van der Waals surface area contributed by atoms with E-state index in [9.17, 15) is 4.79 Å². The number of thioether (sulfide) groups is 1. The van der Waals surface area contributed by atoms with Gasteiger partial charge in [-0.3, -0.25) is 4.79 Å². The fourth-order valence-electron chi connectivity index (χ4n) is 2.34. The number of methoxy groups -OCH3 is 1. The Labute approximate surface area is 176 Å². The van der Waals surface area contributed by atoms with Crippen molar-refractivity contribution in [1.82, 2.24) is 5.32 Å². The highest BCUT2D eigenvalue weighted by molar-refractivity contribution is 8.18. The van der Waals surface area contributed by atoms with Crippen molar-refractivity contribution in [3.8, 4) is 23.8 Å². The van der Waals surface area contributed by atoms with Crippen molar-refractivity contribution in [1.29, 1.82) is 0 Å². The van der Waals surface area contributed by atoms with Crippen LogP contribution in [0.25, 0.3) is 6.08 Å². The summed E-state index contributed by atoms with van der Waals surface area (Å²) in [5, 5.41) is 4.16. The third-order valence-corrected chi connectivity index (χ3v) is 5.00. The summed E-state index contributed by atoms with van der Waals surface area (Å²) in [6.07, 6.45) is 6.91. The molecule has 142 valence electrons. The van der Waals surface area contributed by atoms with Crippen molar-refractivity contribution < 1.29 is 14.3 Å². The molecule has 0 saturated carbocycles. The fourth-order valence-corrected chi connectivity index (χ4v) is 3.58. The zero-order valence-corrected chi connectivity index (χ0v) is 17.0. The Hall–Kier alpha value is -2.59. The molecule has 0 aromatic heterocycles. The normalized spacial score (nSPS) is 16.1. The van der Waals surface area contributed by atoms with Crippen molar-refractivity contribution >= 4 is 57.8 Å². The first kappa shape index (κ1) is 20.2. The highest BCUT2D eigenvalue weighted by Crippen LogP contribution is 2.38. The van der Waals surface area contributed by atoms with Crippen molar-refractivity contribution in [3.05, 3.63) is 56.9 Å². The largest absolute Gasteiger partial charge is 0.493 e. The number of aliphatic imine (C=N–C) groups is 1. The second kappa shape index (κ2) is 9.07. The van der Waals surface area contributed by atoms with E-state index in [1.807, 2.05) is 0 Å². The molecule has 1 amide bonds. The third-order valence-electron chi connectivity index (χ3n) is 3.56. The summed E-state index contributed by atoms with van der Waals surface area (Å²) in [7, 11) is 1.50. The molecule has 1 N–H and O–H groups in total. The summed E-state index contributed by atoms with van der Waals surface area (Å²) in [4.78, 5) is 17.1. The Morgan fingerprint density at radius 1 is 1.29 bits per heavy atom. The van der Waals surface area contributed by atoms with Gasteiger partial charge in [0, 0.05) is 5.02 Å². The lowest BCUT2D eigenvalue weighted by atomic mass is 10.2. The van der Waals surface area contributed by atoms with Crippen LogP contribution in [0.4, 0.5) is 5.69 Å². The van der Waals surface area contributed by atoms with Crippen LogP contribution in [0.5, 0.6) is 11.5 Å². The molecule has 2 aromatic rings. The Kier molecular flexibility index (Phi) is 6.53. The van der Waals surface area contributed by atoms with E-state index in [1.165, 1.54) is 18.9 Å². The Bertz CT molecular complexity index is 1010. The SMILES string of the molecule is C#CCOc1c(Cl)cc(/C=C2\SC(=Nc3ccc(Cl)cc3)NC2=O)cc1OC. The number of nitrogens with zero attached hydrogens (tertiary/aromatic N) is 1. The van der Waals surface area contributed by atoms with Gasteiger partial charge in [0.2, 0.25) is 0 Å². The highest BCUT2D eigenvalue weighted by Gasteiger charge is 2.24. The number of halogens is 2. The van der Waals surface area contributed by atoms with E-state index >= 15 is 0 Å². The molecule has 5 nitrogen and oxygen atoms in total. The molecule has 0 spiro atoms. The monoisotopic (exact) mass is 432 g/mol. The molecule has 1 saturated heterocycles. The van der Waals surface area contributed by atoms with Crippen LogP contribution in [0.2, 0.25) is 10.0 Å². The van der Waals surface area contributed by atoms with Crippen LogP contribution in [0.15, 0.2) is 46.3 Å². The zero-order valence-electron chi connectivity index (χ0n) is 14.7. The van der Waals surface area contributed by atoms with E-state index in [4.69, 9.17) is 39.1 Å². The van der Waals surface area contributed by atoms with Gasteiger partial charge in [0.25, 0.3) is 5.91 Å². The third kappa shape index (κ3) is 4.82. The predicted octanol–water partition coefficient (Wildman–Crippen LogP) is 4.91. The van der Waals surface area contributed by atoms with Crippen LogP contribution in [0, 0.1) is 12.3 Å². The molecule has 8 heteroatoms. The minimum atomic E-state index is -0.250. The quantitative estimate of drug-likeness (QED) is 0.538. The number of carbonyl (C=O) groups excluding carboxylic acids is 1. The van der Waals surface area contributed by atoms with Crippen molar-refractivity contribution in [3.63, 3.8) is 0 Å². The topological polar surface area (TPSA) is 59.9 Å². The van der Waals surface area contributed by atoms with E-state index in [1.54, 1.807) is 42.5 Å². The molecule has 2 aromatic carbocycles. The van der Waals surface area contributed by atoms with Crippen molar-refractivity contribution in [2.75, 3.05) is 13.7 Å². The standard InChI is InChI=1S/C20H14Cl2N2O3S/c1-3-8-27-18-15(22)9-12(10-16(18)26-2)11-17-19(25)24-20(28-17)23-14-6-4-13(21)5-7-14/h1,4-7,9-11H,8H2,2H3,(H,23,24,25)/b17-11-. The molecule has 0 atom stereocenters. The molecule has 0 unspecified atom stereocenters. The first-order chi connectivity index (χ1) is 13.5. The van der Waals surface area contributed by atoms with Crippen LogP contribution < -0.4 is 14.8 Å². The first-order valence-corrected chi connectivity index (χ1v) is 9.56. The van der Waals surface area contributed by atoms with Gasteiger partial charge in [0.15, 0.2) is 16.7 Å². The average molecular weight is 433 g/mol. The number of terminal acetylenes is 1. The number of hydrogen-bond donors (Lipinski definition) is 1. The summed E-state index contributed by atoms with van der Waals surface area (Å²) >= 11 is 13.4. The molecule has 0 aliphatic carbocycles. The lowest BCUT2D eigenvalue weighted by Gasteiger charge is -2.11. The molecular formula is C20H14Cl2N2O3S. The van der Waals surface area contributed by atoms with Gasteiger partial charge in [-0.05, 0) is 59.8 Å². The summed E-state index contributed by atoms with van der Waals surface area (Å²) in [5.74, 6) is 2.91. The Morgan fingerprint density at radius 2 is 2.04 bits per heavy atom. The predicted molar refractivity (Wildman–Crippen MR) is 115 cm³/mol. The number of amidine groups is 1. The van der Waals surface area contributed by atoms with Gasteiger partial charge in [0.1, 0.15) is 6.61 Å². The maximum Gasteiger partial charge on any atom is 0.264 e. The Balaban J connectivity index is 1.85. The number of benzene rings is 2. The first-order valence-electron chi connectivity index (χ1n) is 7.99. The number of ether oxygens (including phenoxy) is 2. The van der Waals surface area contributed by atoms with Gasteiger partial charge in [-0.2, -0.15) is 0 Å². The van der Waals surface area contributed by atoms with E-state index in [0.717, 1.165) is 0 Å². The minimum Gasteiger partial charge on any atom is -0.493 e. The van der Waals surface area contributed by atoms with E-state index in [-0.39, 0.29) is 12.5 Å². The lowest BCUT2D eigenvalue weighted by Crippen LogP contribution is -2.19. The molecule has 1 aliphatic heterocycles. The molecule has 28 heavy (non-hydrogen) atoms. The maximum atomic E-state index is 12.3. The van der Waals surface area contributed by atoms with E-state index in [2.05, 4.69) is 16.2 Å². The molecule has 1 heterocycles. The van der Waals surface area contributed by atoms with Gasteiger partial charge in [0.05, 0.1) is 22.7 Å². The number of carbonyl (C=O) groups is 1. The number of rotatable bonds is 5. The van der Waals surface area contributed by atoms with E-state index < -0.39 is 0 Å². The van der Waals surface area contributed by atoms with Crippen molar-refractivity contribution in [2.45, 2.75) is 0 Å². The summed E-state index contributed by atoms with van der Waals surface area (Å²) < 4.78 is 10.7. The van der Waals surface area contributed by atoms with Crippen LogP contribution in [-0.4, -0.2) is 24.8 Å². The number of amides is 1. The second-order valence-electron chi connectivity index (χ2n) is 5.49. The van der Waals surface area contributed by atoms with Gasteiger partial charge >= 0.3 is 0 Å². The fraction of sp³-hybridized carbons (Fsp3) is 0.100. The molecule has 0 bridgehead atoms. The molecule has 3 rings (SSSR count). The average Bonchev–Trinajstić information content (AvgIpc) is 3.01. The number of hydrogen-bond acceptors (Lipinski definition) is 5. The van der Waals surface area contributed by atoms with Gasteiger partial charge in [-0.25, -0.2) is 4.99 Å². The highest BCUT2D eigenvalue weighted by atomic mass is 35.5. The second-order valence-corrected chi connectivity index (χ2v) is 7.36. The van der Waals surface area contributed by atoms with Crippen LogP contribution in [0.3, 0.4) is 0 Å². The van der Waals surface area contributed by atoms with Crippen molar-refractivity contribution in [2.24, 2.45) is 4.99 Å². The summed E-state index contributed by atoms with van der Waals surface area (Å²) in [5.41, 5.74) is 1.37. The molecule has 1 fully saturated rings. The molecule has 1 aliphatic rings. The zero-order chi connectivity index (χ0) is 20.1. The lowest BCUT2D eigenvalue weighted by molar-refractivity contribution is -0.115. The molecule has 0 radical (unpaired) electrons. The van der Waals surface area contributed by atoms with Gasteiger partial charge in [-0.1, -0.05) is 29.1 Å². The van der Waals surface area contributed by atoms with Gasteiger partial charge < -0.3 is 14.8 Å². The number of nitrogens with one attached hydrogen (secondary N) is 1. The maximum absolute atomic E-state index is 12.3. The van der Waals surface area contributed by atoms with Crippen LogP contribution in [-0.2, 0) is 4.79 Å². The van der Waals surface area contributed by atoms with Crippen LogP contribution in [0.1, 0.15) is 5.56 Å². The van der Waals surface area contributed by atoms with E-state index in [0.29, 0.717) is 42.9 Å². The Morgan fingerprint density at radius 3 is 2.71 bits per heavy atom. The van der Waals surface area contributed by atoms with Gasteiger partial charge in [-0.15, -0.1) is 6.42 Å².